The van der Waals surface area contributed by atoms with Crippen LogP contribution in [0.5, 0.6) is 0 Å². The number of aromatic nitrogens is 3. The van der Waals surface area contributed by atoms with Crippen molar-refractivity contribution in [1.82, 2.24) is 25.0 Å². The van der Waals surface area contributed by atoms with Gasteiger partial charge in [0.25, 0.3) is 0 Å². The van der Waals surface area contributed by atoms with E-state index < -0.39 is 12.1 Å². The van der Waals surface area contributed by atoms with E-state index in [1.165, 1.54) is 6.33 Å². The minimum absolute atomic E-state index is 0.197. The molecule has 1 aliphatic rings. The Bertz CT molecular complexity index is 1070. The molecule has 2 aromatic carbocycles. The quantitative estimate of drug-likeness (QED) is 0.571. The van der Waals surface area contributed by atoms with E-state index in [4.69, 9.17) is 17.3 Å². The molecule has 2 atom stereocenters. The molecule has 166 valence electrons. The van der Waals surface area contributed by atoms with Crippen LogP contribution in [0.3, 0.4) is 0 Å². The summed E-state index contributed by atoms with van der Waals surface area (Å²) in [5, 5.41) is 7.66. The summed E-state index contributed by atoms with van der Waals surface area (Å²) in [5.74, 6) is -0.398. The van der Waals surface area contributed by atoms with Crippen LogP contribution in [0.2, 0.25) is 5.02 Å². The molecule has 0 bridgehead atoms. The number of rotatable bonds is 7. The Morgan fingerprint density at radius 2 is 2.03 bits per heavy atom. The average molecular weight is 453 g/mol. The van der Waals surface area contributed by atoms with Gasteiger partial charge in [0.2, 0.25) is 11.8 Å². The van der Waals surface area contributed by atoms with E-state index in [0.29, 0.717) is 24.4 Å². The van der Waals surface area contributed by atoms with Crippen molar-refractivity contribution in [3.8, 4) is 5.69 Å². The highest BCUT2D eigenvalue weighted by Gasteiger charge is 2.36. The van der Waals surface area contributed by atoms with Crippen LogP contribution in [0, 0.1) is 0 Å². The van der Waals surface area contributed by atoms with Crippen LogP contribution in [0.1, 0.15) is 24.0 Å². The fourth-order valence-corrected chi connectivity index (χ4v) is 4.22. The second kappa shape index (κ2) is 9.93. The van der Waals surface area contributed by atoms with Gasteiger partial charge in [0.1, 0.15) is 18.7 Å². The molecule has 2 heterocycles. The first-order valence-electron chi connectivity index (χ1n) is 10.5. The molecule has 1 fully saturated rings. The monoisotopic (exact) mass is 452 g/mol. The van der Waals surface area contributed by atoms with Gasteiger partial charge in [0, 0.05) is 18.1 Å². The molecule has 32 heavy (non-hydrogen) atoms. The first-order chi connectivity index (χ1) is 15.5. The van der Waals surface area contributed by atoms with E-state index in [2.05, 4.69) is 15.4 Å². The minimum atomic E-state index is -0.683. The van der Waals surface area contributed by atoms with Gasteiger partial charge in [-0.3, -0.25) is 9.59 Å². The maximum absolute atomic E-state index is 13.0. The summed E-state index contributed by atoms with van der Waals surface area (Å²) in [4.78, 5) is 31.5. The van der Waals surface area contributed by atoms with E-state index in [-0.39, 0.29) is 18.4 Å². The van der Waals surface area contributed by atoms with Gasteiger partial charge in [0.05, 0.1) is 11.7 Å². The lowest BCUT2D eigenvalue weighted by Crippen LogP contribution is -2.51. The van der Waals surface area contributed by atoms with Crippen LogP contribution < -0.4 is 11.1 Å². The molecule has 1 saturated heterocycles. The third kappa shape index (κ3) is 4.98. The van der Waals surface area contributed by atoms with Gasteiger partial charge in [-0.05, 0) is 48.6 Å². The summed E-state index contributed by atoms with van der Waals surface area (Å²) >= 11 is 6.16. The number of hydrogen-bond acceptors (Lipinski definition) is 5. The van der Waals surface area contributed by atoms with Crippen LogP contribution in [-0.4, -0.2) is 50.1 Å². The Balaban J connectivity index is 1.41. The Morgan fingerprint density at radius 3 is 2.78 bits per heavy atom. The maximum atomic E-state index is 13.0. The number of carbonyl (C=O) groups excluding carboxylic acids is 2. The first kappa shape index (κ1) is 22.0. The number of nitrogens with two attached hydrogens (primary N) is 1. The molecular weight excluding hydrogens is 428 g/mol. The minimum Gasteiger partial charge on any atom is -0.350 e. The lowest BCUT2D eigenvalue weighted by atomic mass is 10.1. The highest BCUT2D eigenvalue weighted by atomic mass is 35.5. The summed E-state index contributed by atoms with van der Waals surface area (Å²) < 4.78 is 1.62. The number of hydrogen-bond donors (Lipinski definition) is 2. The molecule has 8 nitrogen and oxygen atoms in total. The third-order valence-corrected chi connectivity index (χ3v) is 5.85. The molecule has 0 radical (unpaired) electrons. The normalized spacial score (nSPS) is 16.7. The highest BCUT2D eigenvalue weighted by molar-refractivity contribution is 6.30. The number of amides is 2. The molecule has 0 saturated carbocycles. The smallest absolute Gasteiger partial charge is 0.243 e. The molecule has 3 aromatic rings. The van der Waals surface area contributed by atoms with E-state index >= 15 is 0 Å². The number of nitrogens with zero attached hydrogens (tertiary/aromatic N) is 4. The third-order valence-electron chi connectivity index (χ3n) is 5.61. The van der Waals surface area contributed by atoms with Crippen molar-refractivity contribution in [2.75, 3.05) is 6.54 Å². The molecule has 3 N–H and O–H groups in total. The van der Waals surface area contributed by atoms with Gasteiger partial charge in [-0.25, -0.2) is 9.67 Å². The zero-order chi connectivity index (χ0) is 22.5. The van der Waals surface area contributed by atoms with Crippen LogP contribution >= 0.6 is 11.6 Å². The molecule has 0 aliphatic carbocycles. The van der Waals surface area contributed by atoms with Crippen molar-refractivity contribution in [1.29, 1.82) is 0 Å². The van der Waals surface area contributed by atoms with Crippen LogP contribution in [0.25, 0.3) is 5.69 Å². The lowest BCUT2D eigenvalue weighted by molar-refractivity contribution is -0.139. The molecule has 4 rings (SSSR count). The van der Waals surface area contributed by atoms with E-state index in [9.17, 15) is 9.59 Å². The number of likely N-dealkylation sites (tertiary alicyclic amines) is 1. The number of halogens is 1. The zero-order valence-corrected chi connectivity index (χ0v) is 18.3. The van der Waals surface area contributed by atoms with Crippen molar-refractivity contribution in [2.24, 2.45) is 5.73 Å². The molecule has 0 spiro atoms. The maximum Gasteiger partial charge on any atom is 0.243 e. The van der Waals surface area contributed by atoms with Crippen LogP contribution in [0.4, 0.5) is 0 Å². The van der Waals surface area contributed by atoms with E-state index in [1.54, 1.807) is 28.0 Å². The molecule has 9 heteroatoms. The fourth-order valence-electron chi connectivity index (χ4n) is 4.02. The SMILES string of the molecule is N[C@H](Cc1ccccc1)C(=O)N1CCC[C@H]1C(=O)NCc1cc(Cl)ccc1-n1cncn1. The summed E-state index contributed by atoms with van der Waals surface area (Å²) in [6.07, 6.45) is 4.84. The van der Waals surface area contributed by atoms with Crippen LogP contribution in [-0.2, 0) is 22.6 Å². The molecule has 1 aliphatic heterocycles. The standard InChI is InChI=1S/C23H25ClN6O2/c24-18-8-9-20(30-15-26-14-28-30)17(12-18)13-27-22(31)21-7-4-10-29(21)23(32)19(25)11-16-5-2-1-3-6-16/h1-3,5-6,8-9,12,14-15,19,21H,4,7,10-11,13,25H2,(H,27,31)/t19-,21+/m1/s1. The Hall–Kier alpha value is -3.23. The zero-order valence-electron chi connectivity index (χ0n) is 17.5. The van der Waals surface area contributed by atoms with Gasteiger partial charge in [-0.1, -0.05) is 41.9 Å². The molecule has 2 amide bonds. The number of benzene rings is 2. The average Bonchev–Trinajstić information content (AvgIpc) is 3.50. The molecular formula is C23H25ClN6O2. The van der Waals surface area contributed by atoms with Gasteiger partial charge < -0.3 is 16.0 Å². The molecule has 0 unspecified atom stereocenters. The van der Waals surface area contributed by atoms with Crippen molar-refractivity contribution in [3.05, 3.63) is 77.3 Å². The van der Waals surface area contributed by atoms with Crippen LogP contribution in [0.15, 0.2) is 61.2 Å². The second-order valence-electron chi connectivity index (χ2n) is 7.82. The highest BCUT2D eigenvalue weighted by Crippen LogP contribution is 2.21. The Morgan fingerprint density at radius 1 is 1.22 bits per heavy atom. The first-order valence-corrected chi connectivity index (χ1v) is 10.9. The Kier molecular flexibility index (Phi) is 6.82. The molecule has 1 aromatic heterocycles. The van der Waals surface area contributed by atoms with Crippen molar-refractivity contribution < 1.29 is 9.59 Å². The van der Waals surface area contributed by atoms with Crippen molar-refractivity contribution in [2.45, 2.75) is 37.9 Å². The second-order valence-corrected chi connectivity index (χ2v) is 8.25. The van der Waals surface area contributed by atoms with Crippen molar-refractivity contribution >= 4 is 23.4 Å². The topological polar surface area (TPSA) is 106 Å². The van der Waals surface area contributed by atoms with E-state index in [0.717, 1.165) is 23.2 Å². The number of nitrogens with one attached hydrogen (secondary N) is 1. The summed E-state index contributed by atoms with van der Waals surface area (Å²) in [7, 11) is 0. The van der Waals surface area contributed by atoms with Gasteiger partial charge in [-0.15, -0.1) is 0 Å². The van der Waals surface area contributed by atoms with Gasteiger partial charge in [0.15, 0.2) is 0 Å². The van der Waals surface area contributed by atoms with Gasteiger partial charge >= 0.3 is 0 Å². The Labute approximate surface area is 191 Å². The van der Waals surface area contributed by atoms with Crippen molar-refractivity contribution in [3.63, 3.8) is 0 Å². The summed E-state index contributed by atoms with van der Waals surface area (Å²) in [5.41, 5.74) is 8.76. The van der Waals surface area contributed by atoms with E-state index in [1.807, 2.05) is 36.4 Å². The lowest BCUT2D eigenvalue weighted by Gasteiger charge is -2.27. The largest absolute Gasteiger partial charge is 0.350 e. The predicted octanol–water partition coefficient (Wildman–Crippen LogP) is 2.10. The summed E-state index contributed by atoms with van der Waals surface area (Å²) in [6, 6.07) is 13.8. The van der Waals surface area contributed by atoms with Gasteiger partial charge in [-0.2, -0.15) is 5.10 Å². The number of carbonyl (C=O) groups is 2. The summed E-state index contributed by atoms with van der Waals surface area (Å²) in [6.45, 7) is 0.782. The fraction of sp³-hybridized carbons (Fsp3) is 0.304. The predicted molar refractivity (Wildman–Crippen MR) is 121 cm³/mol.